The van der Waals surface area contributed by atoms with Gasteiger partial charge in [-0.3, -0.25) is 14.5 Å². The third-order valence-corrected chi connectivity index (χ3v) is 6.53. The van der Waals surface area contributed by atoms with Gasteiger partial charge in [-0.2, -0.15) is 0 Å². The van der Waals surface area contributed by atoms with Crippen LogP contribution in [0.5, 0.6) is 0 Å². The van der Waals surface area contributed by atoms with Crippen molar-refractivity contribution in [2.24, 2.45) is 11.8 Å². The predicted molar refractivity (Wildman–Crippen MR) is 117 cm³/mol. The average molecular weight is 464 g/mol. The van der Waals surface area contributed by atoms with Gasteiger partial charge in [-0.05, 0) is 26.7 Å². The number of hydrogen-bond donors (Lipinski definition) is 0. The number of aromatic nitrogens is 3. The number of rotatable bonds is 6. The number of aryl methyl sites for hydroxylation is 1. The molecule has 1 saturated heterocycles. The molecule has 2 aromatic heterocycles. The van der Waals surface area contributed by atoms with Crippen LogP contribution in [0.2, 0.25) is 0 Å². The van der Waals surface area contributed by atoms with E-state index < -0.39 is 12.0 Å². The predicted octanol–water partition coefficient (Wildman–Crippen LogP) is 3.31. The van der Waals surface area contributed by atoms with Gasteiger partial charge in [-0.1, -0.05) is 48.3 Å². The Morgan fingerprint density at radius 2 is 1.79 bits per heavy atom. The Morgan fingerprint density at radius 3 is 2.47 bits per heavy atom. The van der Waals surface area contributed by atoms with E-state index in [4.69, 9.17) is 13.7 Å². The fourth-order valence-corrected chi connectivity index (χ4v) is 4.76. The standard InChI is InChI=1S/C24H24N4O6/c1-13(28-22(29)16-10-6-7-11-17(16)23(28)30)24(31)32-12-18-25-26-21(33-18)19-14(2)34-27-20(19)15-8-4-3-5-9-15/h3-5,8-9,13,16-17H,6-7,10-12H2,1-2H3/t13-,16?,17?/m0/s1. The Morgan fingerprint density at radius 1 is 1.12 bits per heavy atom. The smallest absolute Gasteiger partial charge is 0.329 e. The van der Waals surface area contributed by atoms with Crippen molar-refractivity contribution in [2.75, 3.05) is 0 Å². The quantitative estimate of drug-likeness (QED) is 0.398. The maximum absolute atomic E-state index is 12.7. The normalized spacial score (nSPS) is 20.9. The average Bonchev–Trinajstić information content (AvgIpc) is 3.54. The van der Waals surface area contributed by atoms with Crippen molar-refractivity contribution in [3.8, 4) is 22.7 Å². The minimum atomic E-state index is -1.02. The molecular formula is C24H24N4O6. The van der Waals surface area contributed by atoms with Crippen LogP contribution in [0.25, 0.3) is 22.7 Å². The summed E-state index contributed by atoms with van der Waals surface area (Å²) >= 11 is 0. The first-order valence-electron chi connectivity index (χ1n) is 11.3. The zero-order chi connectivity index (χ0) is 23.8. The van der Waals surface area contributed by atoms with Gasteiger partial charge < -0.3 is 13.7 Å². The van der Waals surface area contributed by atoms with Crippen LogP contribution in [0.1, 0.15) is 44.3 Å². The number of amides is 2. The molecule has 5 rings (SSSR count). The van der Waals surface area contributed by atoms with Gasteiger partial charge in [0.2, 0.25) is 11.8 Å². The topological polar surface area (TPSA) is 129 Å². The van der Waals surface area contributed by atoms with Crippen molar-refractivity contribution in [1.29, 1.82) is 0 Å². The molecule has 0 spiro atoms. The maximum atomic E-state index is 12.7. The zero-order valence-electron chi connectivity index (χ0n) is 18.9. The number of fused-ring (bicyclic) bond motifs is 1. The molecule has 34 heavy (non-hydrogen) atoms. The highest BCUT2D eigenvalue weighted by Crippen LogP contribution is 2.39. The third kappa shape index (κ3) is 3.78. The van der Waals surface area contributed by atoms with E-state index in [1.54, 1.807) is 6.92 Å². The van der Waals surface area contributed by atoms with Crippen LogP contribution in [-0.2, 0) is 25.7 Å². The Kier molecular flexibility index (Phi) is 5.72. The van der Waals surface area contributed by atoms with Gasteiger partial charge >= 0.3 is 5.97 Å². The molecule has 3 atom stereocenters. The second kappa shape index (κ2) is 8.85. The Bertz CT molecular complexity index is 1210. The molecule has 10 nitrogen and oxygen atoms in total. The van der Waals surface area contributed by atoms with Gasteiger partial charge in [0.15, 0.2) is 6.61 Å². The van der Waals surface area contributed by atoms with Crippen molar-refractivity contribution in [2.45, 2.75) is 52.2 Å². The van der Waals surface area contributed by atoms with Crippen molar-refractivity contribution in [1.82, 2.24) is 20.3 Å². The fraction of sp³-hybridized carbons (Fsp3) is 0.417. The number of hydrogen-bond acceptors (Lipinski definition) is 9. The molecule has 2 fully saturated rings. The minimum Gasteiger partial charge on any atom is -0.454 e. The zero-order valence-corrected chi connectivity index (χ0v) is 18.9. The molecule has 2 aliphatic rings. The Hall–Kier alpha value is -3.82. The lowest BCUT2D eigenvalue weighted by Crippen LogP contribution is -2.44. The Labute approximate surface area is 195 Å². The summed E-state index contributed by atoms with van der Waals surface area (Å²) in [6.45, 7) is 2.95. The molecule has 3 heterocycles. The van der Waals surface area contributed by atoms with Gasteiger partial charge in [0.1, 0.15) is 23.1 Å². The number of benzene rings is 1. The van der Waals surface area contributed by atoms with Crippen molar-refractivity contribution < 1.29 is 28.1 Å². The highest BCUT2D eigenvalue weighted by atomic mass is 16.5. The largest absolute Gasteiger partial charge is 0.454 e. The van der Waals surface area contributed by atoms with Crippen LogP contribution >= 0.6 is 0 Å². The van der Waals surface area contributed by atoms with Crippen LogP contribution < -0.4 is 0 Å². The summed E-state index contributed by atoms with van der Waals surface area (Å²) in [5.41, 5.74) is 1.95. The fourth-order valence-electron chi connectivity index (χ4n) is 4.76. The highest BCUT2D eigenvalue weighted by molar-refractivity contribution is 6.07. The lowest BCUT2D eigenvalue weighted by Gasteiger charge is -2.21. The molecule has 0 bridgehead atoms. The van der Waals surface area contributed by atoms with E-state index in [1.807, 2.05) is 30.3 Å². The molecule has 1 aliphatic heterocycles. The second-order valence-electron chi connectivity index (χ2n) is 8.66. The molecule has 1 saturated carbocycles. The summed E-state index contributed by atoms with van der Waals surface area (Å²) in [6, 6.07) is 8.42. The summed E-state index contributed by atoms with van der Waals surface area (Å²) in [5.74, 6) is -1.14. The van der Waals surface area contributed by atoms with E-state index in [0.29, 0.717) is 29.9 Å². The van der Waals surface area contributed by atoms with Crippen molar-refractivity contribution in [3.63, 3.8) is 0 Å². The number of carbonyl (C=O) groups is 3. The highest BCUT2D eigenvalue weighted by Gasteiger charge is 2.51. The lowest BCUT2D eigenvalue weighted by atomic mass is 9.81. The molecule has 3 aromatic rings. The van der Waals surface area contributed by atoms with Gasteiger partial charge in [0.05, 0.1) is 11.8 Å². The Balaban J connectivity index is 1.27. The van der Waals surface area contributed by atoms with Crippen LogP contribution in [0.4, 0.5) is 0 Å². The first-order valence-corrected chi connectivity index (χ1v) is 11.3. The van der Waals surface area contributed by atoms with E-state index in [9.17, 15) is 14.4 Å². The van der Waals surface area contributed by atoms with Crippen LogP contribution in [0.15, 0.2) is 39.3 Å². The maximum Gasteiger partial charge on any atom is 0.329 e. The minimum absolute atomic E-state index is 0.0721. The summed E-state index contributed by atoms with van der Waals surface area (Å²) in [5, 5.41) is 12.1. The van der Waals surface area contributed by atoms with Crippen LogP contribution in [-0.4, -0.2) is 44.1 Å². The molecule has 2 amide bonds. The lowest BCUT2D eigenvalue weighted by molar-refractivity contribution is -0.159. The van der Waals surface area contributed by atoms with Gasteiger partial charge in [0, 0.05) is 5.56 Å². The summed E-state index contributed by atoms with van der Waals surface area (Å²) in [7, 11) is 0. The molecule has 10 heteroatoms. The van der Waals surface area contributed by atoms with Crippen molar-refractivity contribution in [3.05, 3.63) is 42.0 Å². The number of likely N-dealkylation sites (tertiary alicyclic amines) is 1. The molecular weight excluding hydrogens is 440 g/mol. The monoisotopic (exact) mass is 464 g/mol. The molecule has 0 N–H and O–H groups in total. The molecule has 1 aromatic carbocycles. The van der Waals surface area contributed by atoms with E-state index in [-0.39, 0.29) is 42.0 Å². The van der Waals surface area contributed by atoms with E-state index in [1.165, 1.54) is 6.92 Å². The number of imide groups is 1. The number of carbonyl (C=O) groups excluding carboxylic acids is 3. The van der Waals surface area contributed by atoms with E-state index in [0.717, 1.165) is 23.3 Å². The van der Waals surface area contributed by atoms with E-state index >= 15 is 0 Å². The van der Waals surface area contributed by atoms with Gasteiger partial charge in [-0.25, -0.2) is 4.79 Å². The SMILES string of the molecule is Cc1onc(-c2ccccc2)c1-c1nnc(COC(=O)[C@H](C)N2C(=O)C3CCCCC3C2=O)o1. The summed E-state index contributed by atoms with van der Waals surface area (Å²) in [6.07, 6.45) is 3.21. The van der Waals surface area contributed by atoms with Gasteiger partial charge in [0.25, 0.3) is 11.8 Å². The van der Waals surface area contributed by atoms with Gasteiger partial charge in [-0.15, -0.1) is 10.2 Å². The molecule has 0 radical (unpaired) electrons. The summed E-state index contributed by atoms with van der Waals surface area (Å²) in [4.78, 5) is 39.2. The number of ether oxygens (including phenoxy) is 1. The molecule has 176 valence electrons. The van der Waals surface area contributed by atoms with Crippen molar-refractivity contribution >= 4 is 17.8 Å². The first kappa shape index (κ1) is 22.0. The number of nitrogens with zero attached hydrogens (tertiary/aromatic N) is 4. The van der Waals surface area contributed by atoms with Crippen LogP contribution in [0, 0.1) is 18.8 Å². The van der Waals surface area contributed by atoms with Crippen LogP contribution in [0.3, 0.4) is 0 Å². The number of esters is 1. The third-order valence-electron chi connectivity index (χ3n) is 6.53. The summed E-state index contributed by atoms with van der Waals surface area (Å²) < 4.78 is 16.3. The molecule has 2 unspecified atom stereocenters. The first-order chi connectivity index (χ1) is 16.5. The molecule has 1 aliphatic carbocycles. The second-order valence-corrected chi connectivity index (χ2v) is 8.66. The van der Waals surface area contributed by atoms with E-state index in [2.05, 4.69) is 15.4 Å².